The number of ether oxygens (including phenoxy) is 1. The average molecular weight is 263 g/mol. The Morgan fingerprint density at radius 3 is 2.89 bits per heavy atom. The first kappa shape index (κ1) is 14.3. The zero-order chi connectivity index (χ0) is 13.5. The van der Waals surface area contributed by atoms with Crippen molar-refractivity contribution in [2.45, 2.75) is 39.3 Å². The summed E-state index contributed by atoms with van der Waals surface area (Å²) in [7, 11) is 0. The lowest BCUT2D eigenvalue weighted by atomic mass is 10.3. The van der Waals surface area contributed by atoms with Crippen molar-refractivity contribution >= 4 is 0 Å². The van der Waals surface area contributed by atoms with Crippen LogP contribution >= 0.6 is 0 Å². The van der Waals surface area contributed by atoms with E-state index in [0.717, 1.165) is 31.1 Å². The van der Waals surface area contributed by atoms with E-state index in [9.17, 15) is 0 Å². The molecule has 1 aromatic heterocycles. The third-order valence-corrected chi connectivity index (χ3v) is 3.35. The van der Waals surface area contributed by atoms with E-state index in [0.29, 0.717) is 6.04 Å². The number of hydrogen-bond acceptors (Lipinski definition) is 4. The van der Waals surface area contributed by atoms with Crippen LogP contribution in [0.15, 0.2) is 18.3 Å². The van der Waals surface area contributed by atoms with E-state index >= 15 is 0 Å². The number of likely N-dealkylation sites (tertiary alicyclic amines) is 1. The number of nitrogens with zero attached hydrogens (tertiary/aromatic N) is 2. The van der Waals surface area contributed by atoms with Crippen LogP contribution in [0.1, 0.15) is 32.4 Å². The summed E-state index contributed by atoms with van der Waals surface area (Å²) in [6, 6.07) is 4.43. The maximum absolute atomic E-state index is 5.81. The molecule has 4 nitrogen and oxygen atoms in total. The van der Waals surface area contributed by atoms with Gasteiger partial charge in [0.15, 0.2) is 0 Å². The number of hydrogen-bond donors (Lipinski definition) is 1. The van der Waals surface area contributed by atoms with Gasteiger partial charge in [-0.3, -0.25) is 9.88 Å². The van der Waals surface area contributed by atoms with Crippen molar-refractivity contribution in [3.05, 3.63) is 24.0 Å². The van der Waals surface area contributed by atoms with Crippen molar-refractivity contribution in [3.63, 3.8) is 0 Å². The highest BCUT2D eigenvalue weighted by atomic mass is 16.5. The molecule has 0 bridgehead atoms. The predicted molar refractivity (Wildman–Crippen MR) is 77.4 cm³/mol. The first-order chi connectivity index (χ1) is 9.24. The second-order valence-corrected chi connectivity index (χ2v) is 5.42. The van der Waals surface area contributed by atoms with E-state index in [1.807, 2.05) is 18.3 Å². The predicted octanol–water partition coefficient (Wildman–Crippen LogP) is 2.05. The van der Waals surface area contributed by atoms with Crippen LogP contribution in [-0.4, -0.2) is 42.2 Å². The second kappa shape index (κ2) is 7.46. The van der Waals surface area contributed by atoms with Gasteiger partial charge in [0.1, 0.15) is 12.4 Å². The van der Waals surface area contributed by atoms with E-state index in [1.165, 1.54) is 25.9 Å². The van der Waals surface area contributed by atoms with Crippen molar-refractivity contribution in [2.24, 2.45) is 0 Å². The SMILES string of the molecule is CC(C)NCc1cc(OCCN2CCCC2)ccn1. The van der Waals surface area contributed by atoms with Gasteiger partial charge in [0.25, 0.3) is 0 Å². The summed E-state index contributed by atoms with van der Waals surface area (Å²) in [6.45, 7) is 9.31. The summed E-state index contributed by atoms with van der Waals surface area (Å²) in [5, 5.41) is 3.36. The molecule has 0 aliphatic carbocycles. The number of aromatic nitrogens is 1. The molecule has 106 valence electrons. The molecule has 0 spiro atoms. The molecular weight excluding hydrogens is 238 g/mol. The van der Waals surface area contributed by atoms with Gasteiger partial charge in [-0.05, 0) is 32.0 Å². The van der Waals surface area contributed by atoms with Gasteiger partial charge in [0, 0.05) is 31.4 Å². The Balaban J connectivity index is 1.74. The molecule has 1 saturated heterocycles. The lowest BCUT2D eigenvalue weighted by Crippen LogP contribution is -2.25. The van der Waals surface area contributed by atoms with Crippen LogP contribution in [0.4, 0.5) is 0 Å². The highest BCUT2D eigenvalue weighted by molar-refractivity contribution is 5.22. The standard InChI is InChI=1S/C15H25N3O/c1-13(2)17-12-14-11-15(5-6-16-14)19-10-9-18-7-3-4-8-18/h5-6,11,13,17H,3-4,7-10,12H2,1-2H3. The van der Waals surface area contributed by atoms with Crippen LogP contribution in [0, 0.1) is 0 Å². The van der Waals surface area contributed by atoms with Gasteiger partial charge in [-0.25, -0.2) is 0 Å². The summed E-state index contributed by atoms with van der Waals surface area (Å²) in [5.74, 6) is 0.926. The lowest BCUT2D eigenvalue weighted by Gasteiger charge is -2.15. The zero-order valence-corrected chi connectivity index (χ0v) is 12.1. The summed E-state index contributed by atoms with van der Waals surface area (Å²) < 4.78 is 5.81. The van der Waals surface area contributed by atoms with Crippen LogP contribution < -0.4 is 10.1 Å². The summed E-state index contributed by atoms with van der Waals surface area (Å²) in [5.41, 5.74) is 1.03. The molecule has 1 aliphatic rings. The van der Waals surface area contributed by atoms with Gasteiger partial charge in [0.05, 0.1) is 5.69 Å². The van der Waals surface area contributed by atoms with E-state index in [4.69, 9.17) is 4.74 Å². The van der Waals surface area contributed by atoms with E-state index in [1.54, 1.807) is 0 Å². The highest BCUT2D eigenvalue weighted by Crippen LogP contribution is 2.12. The smallest absolute Gasteiger partial charge is 0.122 e. The first-order valence-electron chi connectivity index (χ1n) is 7.27. The van der Waals surface area contributed by atoms with Crippen LogP contribution in [-0.2, 0) is 6.54 Å². The minimum absolute atomic E-state index is 0.474. The normalized spacial score (nSPS) is 16.2. The van der Waals surface area contributed by atoms with Crippen molar-refractivity contribution < 1.29 is 4.74 Å². The molecule has 1 fully saturated rings. The van der Waals surface area contributed by atoms with Crippen molar-refractivity contribution in [3.8, 4) is 5.75 Å². The molecule has 0 aromatic carbocycles. The zero-order valence-electron chi connectivity index (χ0n) is 12.1. The molecule has 0 atom stereocenters. The van der Waals surface area contributed by atoms with Crippen LogP contribution in [0.25, 0.3) is 0 Å². The quantitative estimate of drug-likeness (QED) is 0.817. The van der Waals surface area contributed by atoms with E-state index in [-0.39, 0.29) is 0 Å². The molecule has 0 radical (unpaired) electrons. The summed E-state index contributed by atoms with van der Waals surface area (Å²) >= 11 is 0. The largest absolute Gasteiger partial charge is 0.492 e. The van der Waals surface area contributed by atoms with Crippen molar-refractivity contribution in [2.75, 3.05) is 26.2 Å². The van der Waals surface area contributed by atoms with E-state index in [2.05, 4.69) is 29.0 Å². The van der Waals surface area contributed by atoms with Crippen molar-refractivity contribution in [1.29, 1.82) is 0 Å². The molecule has 2 heterocycles. The fourth-order valence-electron chi connectivity index (χ4n) is 2.25. The Morgan fingerprint density at radius 2 is 2.16 bits per heavy atom. The maximum atomic E-state index is 5.81. The van der Waals surface area contributed by atoms with Crippen molar-refractivity contribution in [1.82, 2.24) is 15.2 Å². The molecule has 2 rings (SSSR count). The first-order valence-corrected chi connectivity index (χ1v) is 7.27. The molecule has 19 heavy (non-hydrogen) atoms. The fourth-order valence-corrected chi connectivity index (χ4v) is 2.25. The Morgan fingerprint density at radius 1 is 1.37 bits per heavy atom. The minimum atomic E-state index is 0.474. The summed E-state index contributed by atoms with van der Waals surface area (Å²) in [4.78, 5) is 6.80. The average Bonchev–Trinajstić information content (AvgIpc) is 2.90. The van der Waals surface area contributed by atoms with Gasteiger partial charge in [-0.2, -0.15) is 0 Å². The molecule has 4 heteroatoms. The Bertz CT molecular complexity index is 375. The molecule has 0 saturated carbocycles. The molecular formula is C15H25N3O. The third-order valence-electron chi connectivity index (χ3n) is 3.35. The van der Waals surface area contributed by atoms with Gasteiger partial charge >= 0.3 is 0 Å². The van der Waals surface area contributed by atoms with E-state index < -0.39 is 0 Å². The number of nitrogens with one attached hydrogen (secondary N) is 1. The monoisotopic (exact) mass is 263 g/mol. The molecule has 0 unspecified atom stereocenters. The summed E-state index contributed by atoms with van der Waals surface area (Å²) in [6.07, 6.45) is 4.49. The van der Waals surface area contributed by atoms with Gasteiger partial charge in [0.2, 0.25) is 0 Å². The van der Waals surface area contributed by atoms with Gasteiger partial charge < -0.3 is 10.1 Å². The lowest BCUT2D eigenvalue weighted by molar-refractivity contribution is 0.237. The molecule has 1 aliphatic heterocycles. The Kier molecular flexibility index (Phi) is 5.61. The Labute approximate surface area is 116 Å². The fraction of sp³-hybridized carbons (Fsp3) is 0.667. The minimum Gasteiger partial charge on any atom is -0.492 e. The van der Waals surface area contributed by atoms with Crippen LogP contribution in [0.5, 0.6) is 5.75 Å². The van der Waals surface area contributed by atoms with Crippen LogP contribution in [0.3, 0.4) is 0 Å². The topological polar surface area (TPSA) is 37.4 Å². The number of rotatable bonds is 7. The molecule has 0 amide bonds. The second-order valence-electron chi connectivity index (χ2n) is 5.42. The maximum Gasteiger partial charge on any atom is 0.122 e. The van der Waals surface area contributed by atoms with Crippen LogP contribution in [0.2, 0.25) is 0 Å². The third kappa shape index (κ3) is 5.17. The number of pyridine rings is 1. The highest BCUT2D eigenvalue weighted by Gasteiger charge is 2.10. The molecule has 1 aromatic rings. The van der Waals surface area contributed by atoms with Gasteiger partial charge in [-0.15, -0.1) is 0 Å². The molecule has 1 N–H and O–H groups in total. The van der Waals surface area contributed by atoms with Gasteiger partial charge in [-0.1, -0.05) is 13.8 Å². The Hall–Kier alpha value is -1.13.